The molecule has 0 saturated carbocycles. The molecule has 2 N–H and O–H groups in total. The van der Waals surface area contributed by atoms with Crippen molar-refractivity contribution in [3.63, 3.8) is 0 Å². The molecule has 1 amide bonds. The number of amides is 1. The van der Waals surface area contributed by atoms with Gasteiger partial charge in [-0.2, -0.15) is 0 Å². The predicted octanol–water partition coefficient (Wildman–Crippen LogP) is 3.18. The third kappa shape index (κ3) is 3.38. The van der Waals surface area contributed by atoms with E-state index in [4.69, 9.17) is 0 Å². The molecule has 4 nitrogen and oxygen atoms in total. The minimum atomic E-state index is -0.712. The highest BCUT2D eigenvalue weighted by atomic mass is 32.1. The first kappa shape index (κ1) is 16.0. The molecule has 1 aromatic heterocycles. The summed E-state index contributed by atoms with van der Waals surface area (Å²) in [5.41, 5.74) is -0.0277. The SMILES string of the molecule is O=C(c1ccc(O)cc1F)N1CCC(C(O)c2cccs2)CC1. The predicted molar refractivity (Wildman–Crippen MR) is 86.0 cm³/mol. The van der Waals surface area contributed by atoms with E-state index >= 15 is 0 Å². The molecule has 122 valence electrons. The number of piperidine rings is 1. The second kappa shape index (κ2) is 6.68. The van der Waals surface area contributed by atoms with Crippen molar-refractivity contribution < 1.29 is 19.4 Å². The maximum absolute atomic E-state index is 13.8. The molecule has 0 aliphatic carbocycles. The number of aliphatic hydroxyl groups excluding tert-OH is 1. The molecule has 2 heterocycles. The molecule has 3 rings (SSSR count). The number of benzene rings is 1. The van der Waals surface area contributed by atoms with Crippen LogP contribution in [0.3, 0.4) is 0 Å². The number of hydrogen-bond acceptors (Lipinski definition) is 4. The summed E-state index contributed by atoms with van der Waals surface area (Å²) in [6, 6.07) is 7.39. The molecule has 23 heavy (non-hydrogen) atoms. The van der Waals surface area contributed by atoms with Gasteiger partial charge in [0, 0.05) is 24.0 Å². The fraction of sp³-hybridized carbons (Fsp3) is 0.353. The third-order valence-electron chi connectivity index (χ3n) is 4.29. The molecule has 1 atom stereocenters. The molecule has 1 unspecified atom stereocenters. The number of aromatic hydroxyl groups is 1. The van der Waals surface area contributed by atoms with Crippen LogP contribution in [-0.2, 0) is 0 Å². The normalized spacial score (nSPS) is 17.2. The standard InChI is InChI=1S/C17H18FNO3S/c18-14-10-12(20)3-4-13(14)17(22)19-7-5-11(6-8-19)16(21)15-2-1-9-23-15/h1-4,9-11,16,20-21H,5-8H2. The summed E-state index contributed by atoms with van der Waals surface area (Å²) in [7, 11) is 0. The summed E-state index contributed by atoms with van der Waals surface area (Å²) in [6.07, 6.45) is 0.868. The zero-order chi connectivity index (χ0) is 16.4. The van der Waals surface area contributed by atoms with Crippen LogP contribution in [0.2, 0.25) is 0 Å². The number of carbonyl (C=O) groups is 1. The first-order valence-electron chi connectivity index (χ1n) is 7.55. The van der Waals surface area contributed by atoms with Crippen molar-refractivity contribution in [2.24, 2.45) is 5.92 Å². The quantitative estimate of drug-likeness (QED) is 0.906. The average Bonchev–Trinajstić information content (AvgIpc) is 3.08. The van der Waals surface area contributed by atoms with Crippen LogP contribution in [-0.4, -0.2) is 34.1 Å². The first-order valence-corrected chi connectivity index (χ1v) is 8.43. The van der Waals surface area contributed by atoms with Gasteiger partial charge in [-0.15, -0.1) is 11.3 Å². The van der Waals surface area contributed by atoms with Crippen LogP contribution < -0.4 is 0 Å². The Hall–Kier alpha value is -1.92. The van der Waals surface area contributed by atoms with E-state index in [-0.39, 0.29) is 23.1 Å². The van der Waals surface area contributed by atoms with Gasteiger partial charge in [-0.25, -0.2) is 4.39 Å². The number of aliphatic hydroxyl groups is 1. The zero-order valence-electron chi connectivity index (χ0n) is 12.5. The van der Waals surface area contributed by atoms with Gasteiger partial charge in [0.1, 0.15) is 11.6 Å². The molecule has 1 aromatic carbocycles. The largest absolute Gasteiger partial charge is 0.508 e. The van der Waals surface area contributed by atoms with Crippen molar-refractivity contribution in [3.05, 3.63) is 52.0 Å². The Balaban J connectivity index is 1.63. The zero-order valence-corrected chi connectivity index (χ0v) is 13.3. The van der Waals surface area contributed by atoms with Gasteiger partial charge in [-0.3, -0.25) is 4.79 Å². The molecule has 1 saturated heterocycles. The van der Waals surface area contributed by atoms with Crippen LogP contribution >= 0.6 is 11.3 Å². The highest BCUT2D eigenvalue weighted by Crippen LogP contribution is 2.33. The lowest BCUT2D eigenvalue weighted by Crippen LogP contribution is -2.40. The Morgan fingerprint density at radius 2 is 2.04 bits per heavy atom. The maximum Gasteiger partial charge on any atom is 0.256 e. The molecule has 1 aliphatic heterocycles. The average molecular weight is 335 g/mol. The lowest BCUT2D eigenvalue weighted by atomic mass is 9.90. The molecule has 0 spiro atoms. The van der Waals surface area contributed by atoms with Crippen molar-refractivity contribution in [2.75, 3.05) is 13.1 Å². The Morgan fingerprint density at radius 1 is 1.30 bits per heavy atom. The molecule has 0 bridgehead atoms. The van der Waals surface area contributed by atoms with Crippen LogP contribution in [0.4, 0.5) is 4.39 Å². The van der Waals surface area contributed by atoms with Crippen LogP contribution in [0.1, 0.15) is 34.2 Å². The second-order valence-electron chi connectivity index (χ2n) is 5.75. The van der Waals surface area contributed by atoms with Crippen LogP contribution in [0.25, 0.3) is 0 Å². The summed E-state index contributed by atoms with van der Waals surface area (Å²) in [5, 5.41) is 21.5. The molecular weight excluding hydrogens is 317 g/mol. The van der Waals surface area contributed by atoms with Crippen LogP contribution in [0, 0.1) is 11.7 Å². The third-order valence-corrected chi connectivity index (χ3v) is 5.23. The lowest BCUT2D eigenvalue weighted by molar-refractivity contribution is 0.0471. The van der Waals surface area contributed by atoms with E-state index in [1.807, 2.05) is 17.5 Å². The molecule has 2 aromatic rings. The van der Waals surface area contributed by atoms with Crippen LogP contribution in [0.15, 0.2) is 35.7 Å². The minimum absolute atomic E-state index is 0.0277. The number of thiophene rings is 1. The van der Waals surface area contributed by atoms with E-state index < -0.39 is 11.9 Å². The summed E-state index contributed by atoms with van der Waals surface area (Å²) in [5.74, 6) is -1.17. The minimum Gasteiger partial charge on any atom is -0.508 e. The van der Waals surface area contributed by atoms with Gasteiger partial charge >= 0.3 is 0 Å². The van der Waals surface area contributed by atoms with E-state index in [0.29, 0.717) is 25.9 Å². The van der Waals surface area contributed by atoms with E-state index in [9.17, 15) is 19.4 Å². The first-order chi connectivity index (χ1) is 11.1. The van der Waals surface area contributed by atoms with Crippen molar-refractivity contribution in [2.45, 2.75) is 18.9 Å². The Kier molecular flexibility index (Phi) is 4.63. The van der Waals surface area contributed by atoms with Gasteiger partial charge in [0.05, 0.1) is 11.7 Å². The van der Waals surface area contributed by atoms with Gasteiger partial charge in [0.15, 0.2) is 0 Å². The van der Waals surface area contributed by atoms with Crippen molar-refractivity contribution >= 4 is 17.2 Å². The lowest BCUT2D eigenvalue weighted by Gasteiger charge is -2.34. The fourth-order valence-electron chi connectivity index (χ4n) is 2.96. The van der Waals surface area contributed by atoms with Gasteiger partial charge in [-0.1, -0.05) is 6.07 Å². The van der Waals surface area contributed by atoms with Crippen molar-refractivity contribution in [1.29, 1.82) is 0 Å². The number of hydrogen-bond donors (Lipinski definition) is 2. The summed E-state index contributed by atoms with van der Waals surface area (Å²) in [4.78, 5) is 14.9. The number of halogens is 1. The molecular formula is C17H18FNO3S. The Morgan fingerprint density at radius 3 is 2.65 bits per heavy atom. The highest BCUT2D eigenvalue weighted by molar-refractivity contribution is 7.10. The molecule has 1 fully saturated rings. The van der Waals surface area contributed by atoms with Gasteiger partial charge in [0.25, 0.3) is 5.91 Å². The monoisotopic (exact) mass is 335 g/mol. The topological polar surface area (TPSA) is 60.8 Å². The van der Waals surface area contributed by atoms with Crippen molar-refractivity contribution in [3.8, 4) is 5.75 Å². The van der Waals surface area contributed by atoms with Gasteiger partial charge < -0.3 is 15.1 Å². The van der Waals surface area contributed by atoms with Gasteiger partial charge in [0.2, 0.25) is 0 Å². The number of rotatable bonds is 3. The van der Waals surface area contributed by atoms with E-state index in [2.05, 4.69) is 0 Å². The molecule has 1 aliphatic rings. The smallest absolute Gasteiger partial charge is 0.256 e. The molecule has 6 heteroatoms. The van der Waals surface area contributed by atoms with E-state index in [1.165, 1.54) is 23.5 Å². The van der Waals surface area contributed by atoms with E-state index in [0.717, 1.165) is 10.9 Å². The van der Waals surface area contributed by atoms with Crippen LogP contribution in [0.5, 0.6) is 5.75 Å². The Labute approximate surface area is 137 Å². The maximum atomic E-state index is 13.8. The number of carbonyl (C=O) groups excluding carboxylic acids is 1. The van der Waals surface area contributed by atoms with E-state index in [1.54, 1.807) is 4.90 Å². The number of phenols is 1. The van der Waals surface area contributed by atoms with Crippen molar-refractivity contribution in [1.82, 2.24) is 4.90 Å². The number of phenolic OH excluding ortho intramolecular Hbond substituents is 1. The summed E-state index contributed by atoms with van der Waals surface area (Å²) >= 11 is 1.53. The van der Waals surface area contributed by atoms with Gasteiger partial charge in [-0.05, 0) is 42.3 Å². The Bertz CT molecular complexity index is 681. The summed E-state index contributed by atoms with van der Waals surface area (Å²) < 4.78 is 13.8. The number of nitrogens with zero attached hydrogens (tertiary/aromatic N) is 1. The second-order valence-corrected chi connectivity index (χ2v) is 6.73. The summed E-state index contributed by atoms with van der Waals surface area (Å²) in [6.45, 7) is 0.985. The molecule has 0 radical (unpaired) electrons. The number of likely N-dealkylation sites (tertiary alicyclic amines) is 1. The fourth-order valence-corrected chi connectivity index (χ4v) is 3.76. The highest BCUT2D eigenvalue weighted by Gasteiger charge is 2.29.